The SMILES string of the molecule is Cc1ccc(C)c(NC(=O)c2cccc(S(=O)(=O)Nc3ccccc3C)c2)c1. The molecule has 144 valence electrons. The van der Waals surface area contributed by atoms with Gasteiger partial charge in [-0.3, -0.25) is 9.52 Å². The maximum absolute atomic E-state index is 12.7. The maximum atomic E-state index is 12.7. The third-order valence-corrected chi connectivity index (χ3v) is 5.80. The van der Waals surface area contributed by atoms with E-state index in [2.05, 4.69) is 10.0 Å². The van der Waals surface area contributed by atoms with Crippen LogP contribution in [0.15, 0.2) is 71.6 Å². The Labute approximate surface area is 165 Å². The van der Waals surface area contributed by atoms with Crippen molar-refractivity contribution in [1.29, 1.82) is 0 Å². The monoisotopic (exact) mass is 394 g/mol. The van der Waals surface area contributed by atoms with Gasteiger partial charge in [0.25, 0.3) is 15.9 Å². The zero-order valence-electron chi connectivity index (χ0n) is 16.0. The molecule has 3 aromatic rings. The van der Waals surface area contributed by atoms with Gasteiger partial charge in [-0.25, -0.2) is 8.42 Å². The van der Waals surface area contributed by atoms with E-state index >= 15 is 0 Å². The highest BCUT2D eigenvalue weighted by Gasteiger charge is 2.17. The fourth-order valence-electron chi connectivity index (χ4n) is 2.76. The predicted octanol–water partition coefficient (Wildman–Crippen LogP) is 4.66. The smallest absolute Gasteiger partial charge is 0.261 e. The summed E-state index contributed by atoms with van der Waals surface area (Å²) in [5.74, 6) is -0.360. The van der Waals surface area contributed by atoms with Gasteiger partial charge in [-0.2, -0.15) is 0 Å². The summed E-state index contributed by atoms with van der Waals surface area (Å²) in [5, 5.41) is 2.85. The van der Waals surface area contributed by atoms with Gasteiger partial charge in [-0.1, -0.05) is 36.4 Å². The Morgan fingerprint density at radius 2 is 1.50 bits per heavy atom. The van der Waals surface area contributed by atoms with Crippen molar-refractivity contribution < 1.29 is 13.2 Å². The third kappa shape index (κ3) is 4.40. The van der Waals surface area contributed by atoms with E-state index in [4.69, 9.17) is 0 Å². The zero-order valence-corrected chi connectivity index (χ0v) is 16.8. The average Bonchev–Trinajstić information content (AvgIpc) is 2.66. The Kier molecular flexibility index (Phi) is 5.51. The van der Waals surface area contributed by atoms with Crippen molar-refractivity contribution in [3.8, 4) is 0 Å². The van der Waals surface area contributed by atoms with Gasteiger partial charge >= 0.3 is 0 Å². The molecular formula is C22H22N2O3S. The van der Waals surface area contributed by atoms with Crippen LogP contribution in [-0.4, -0.2) is 14.3 Å². The molecule has 0 spiro atoms. The molecule has 6 heteroatoms. The van der Waals surface area contributed by atoms with Gasteiger partial charge in [0.1, 0.15) is 0 Å². The topological polar surface area (TPSA) is 75.3 Å². The predicted molar refractivity (Wildman–Crippen MR) is 112 cm³/mol. The van der Waals surface area contributed by atoms with Crippen LogP contribution in [0.5, 0.6) is 0 Å². The molecule has 0 heterocycles. The first-order valence-electron chi connectivity index (χ1n) is 8.83. The Morgan fingerprint density at radius 1 is 0.786 bits per heavy atom. The van der Waals surface area contributed by atoms with E-state index in [1.165, 1.54) is 12.1 Å². The number of hydrogen-bond acceptors (Lipinski definition) is 3. The summed E-state index contributed by atoms with van der Waals surface area (Å²) in [7, 11) is -3.81. The number of sulfonamides is 1. The second kappa shape index (κ2) is 7.86. The molecule has 3 aromatic carbocycles. The average molecular weight is 394 g/mol. The lowest BCUT2D eigenvalue weighted by molar-refractivity contribution is 0.102. The first kappa shape index (κ1) is 19.6. The van der Waals surface area contributed by atoms with Crippen molar-refractivity contribution >= 4 is 27.3 Å². The molecule has 2 N–H and O–H groups in total. The van der Waals surface area contributed by atoms with Gasteiger partial charge in [-0.05, 0) is 67.8 Å². The van der Waals surface area contributed by atoms with Gasteiger partial charge in [0.05, 0.1) is 10.6 Å². The minimum absolute atomic E-state index is 0.0318. The van der Waals surface area contributed by atoms with Gasteiger partial charge in [0.15, 0.2) is 0 Å². The van der Waals surface area contributed by atoms with Crippen LogP contribution in [0.3, 0.4) is 0 Å². The van der Waals surface area contributed by atoms with Crippen LogP contribution >= 0.6 is 0 Å². The molecule has 0 aliphatic heterocycles. The van der Waals surface area contributed by atoms with Crippen LogP contribution in [0, 0.1) is 20.8 Å². The molecule has 1 amide bonds. The Hall–Kier alpha value is -3.12. The number of para-hydroxylation sites is 1. The molecule has 0 atom stereocenters. The van der Waals surface area contributed by atoms with E-state index in [0.717, 1.165) is 16.7 Å². The maximum Gasteiger partial charge on any atom is 0.261 e. The summed E-state index contributed by atoms with van der Waals surface area (Å²) in [4.78, 5) is 12.7. The minimum Gasteiger partial charge on any atom is -0.322 e. The summed E-state index contributed by atoms with van der Waals surface area (Å²) < 4.78 is 28.1. The van der Waals surface area contributed by atoms with Crippen LogP contribution in [0.25, 0.3) is 0 Å². The minimum atomic E-state index is -3.81. The molecule has 3 rings (SSSR count). The lowest BCUT2D eigenvalue weighted by Crippen LogP contribution is -2.16. The largest absolute Gasteiger partial charge is 0.322 e. The summed E-state index contributed by atoms with van der Waals surface area (Å²) in [5.41, 5.74) is 4.26. The van der Waals surface area contributed by atoms with Crippen molar-refractivity contribution in [2.24, 2.45) is 0 Å². The highest BCUT2D eigenvalue weighted by Crippen LogP contribution is 2.21. The molecule has 0 aliphatic rings. The molecule has 5 nitrogen and oxygen atoms in total. The van der Waals surface area contributed by atoms with E-state index in [1.54, 1.807) is 24.3 Å². The first-order valence-corrected chi connectivity index (χ1v) is 10.3. The Bertz CT molecular complexity index is 1140. The fraction of sp³-hybridized carbons (Fsp3) is 0.136. The van der Waals surface area contributed by atoms with E-state index in [1.807, 2.05) is 51.1 Å². The number of nitrogens with one attached hydrogen (secondary N) is 2. The molecular weight excluding hydrogens is 372 g/mol. The molecule has 0 aromatic heterocycles. The van der Waals surface area contributed by atoms with E-state index in [-0.39, 0.29) is 16.4 Å². The standard InChI is InChI=1S/C22H22N2O3S/c1-15-11-12-17(3)21(13-15)23-22(25)18-8-6-9-19(14-18)28(26,27)24-20-10-5-4-7-16(20)2/h4-14,24H,1-3H3,(H,23,25). The van der Waals surface area contributed by atoms with Crippen LogP contribution in [0.4, 0.5) is 11.4 Å². The normalized spacial score (nSPS) is 11.1. The summed E-state index contributed by atoms with van der Waals surface area (Å²) in [6.45, 7) is 5.67. The molecule has 0 unspecified atom stereocenters. The van der Waals surface area contributed by atoms with Crippen molar-refractivity contribution in [2.45, 2.75) is 25.7 Å². The summed E-state index contributed by atoms with van der Waals surface area (Å²) >= 11 is 0. The van der Waals surface area contributed by atoms with Crippen LogP contribution < -0.4 is 10.0 Å². The van der Waals surface area contributed by atoms with Crippen LogP contribution in [-0.2, 0) is 10.0 Å². The van der Waals surface area contributed by atoms with Crippen molar-refractivity contribution in [3.05, 3.63) is 89.0 Å². The Morgan fingerprint density at radius 3 is 2.25 bits per heavy atom. The molecule has 0 radical (unpaired) electrons. The number of benzene rings is 3. The number of rotatable bonds is 5. The lowest BCUT2D eigenvalue weighted by Gasteiger charge is -2.12. The highest BCUT2D eigenvalue weighted by molar-refractivity contribution is 7.92. The second-order valence-corrected chi connectivity index (χ2v) is 8.40. The van der Waals surface area contributed by atoms with E-state index in [0.29, 0.717) is 11.4 Å². The van der Waals surface area contributed by atoms with Crippen molar-refractivity contribution in [3.63, 3.8) is 0 Å². The van der Waals surface area contributed by atoms with Gasteiger partial charge in [0, 0.05) is 11.3 Å². The molecule has 0 saturated carbocycles. The van der Waals surface area contributed by atoms with Crippen LogP contribution in [0.1, 0.15) is 27.0 Å². The molecule has 0 saturated heterocycles. The van der Waals surface area contributed by atoms with E-state index < -0.39 is 10.0 Å². The fourth-order valence-corrected chi connectivity index (χ4v) is 3.94. The Balaban J connectivity index is 1.86. The van der Waals surface area contributed by atoms with Gasteiger partial charge in [0.2, 0.25) is 0 Å². The number of amides is 1. The summed E-state index contributed by atoms with van der Waals surface area (Å²) in [6.07, 6.45) is 0. The third-order valence-electron chi connectivity index (χ3n) is 4.44. The van der Waals surface area contributed by atoms with Crippen molar-refractivity contribution in [1.82, 2.24) is 0 Å². The lowest BCUT2D eigenvalue weighted by atomic mass is 10.1. The van der Waals surface area contributed by atoms with Crippen LogP contribution in [0.2, 0.25) is 0 Å². The number of carbonyl (C=O) groups is 1. The molecule has 0 bridgehead atoms. The molecule has 28 heavy (non-hydrogen) atoms. The quantitative estimate of drug-likeness (QED) is 0.661. The summed E-state index contributed by atoms with van der Waals surface area (Å²) in [6, 6.07) is 18.9. The number of aryl methyl sites for hydroxylation is 3. The van der Waals surface area contributed by atoms with Crippen molar-refractivity contribution in [2.75, 3.05) is 10.0 Å². The number of anilines is 2. The highest BCUT2D eigenvalue weighted by atomic mass is 32.2. The molecule has 0 aliphatic carbocycles. The number of carbonyl (C=O) groups excluding carboxylic acids is 1. The van der Waals surface area contributed by atoms with Gasteiger partial charge in [-0.15, -0.1) is 0 Å². The zero-order chi connectivity index (χ0) is 20.3. The number of hydrogen-bond donors (Lipinski definition) is 2. The second-order valence-electron chi connectivity index (χ2n) is 6.72. The van der Waals surface area contributed by atoms with Gasteiger partial charge < -0.3 is 5.32 Å². The van der Waals surface area contributed by atoms with E-state index in [9.17, 15) is 13.2 Å². The molecule has 0 fully saturated rings. The first-order chi connectivity index (χ1) is 13.3.